The van der Waals surface area contributed by atoms with Gasteiger partial charge in [0, 0.05) is 24.7 Å². The SMILES string of the molecule is CNCc1coc(CN2CC(C)CC(C)C2C)c1. The van der Waals surface area contributed by atoms with Crippen LogP contribution in [-0.4, -0.2) is 24.5 Å². The van der Waals surface area contributed by atoms with E-state index in [4.69, 9.17) is 4.42 Å². The van der Waals surface area contributed by atoms with Gasteiger partial charge in [0.05, 0.1) is 12.8 Å². The van der Waals surface area contributed by atoms with Crippen LogP contribution in [0.25, 0.3) is 0 Å². The van der Waals surface area contributed by atoms with Crippen molar-refractivity contribution >= 4 is 0 Å². The summed E-state index contributed by atoms with van der Waals surface area (Å²) in [6, 6.07) is 2.83. The Morgan fingerprint density at radius 1 is 1.39 bits per heavy atom. The van der Waals surface area contributed by atoms with Gasteiger partial charge in [-0.3, -0.25) is 4.90 Å². The summed E-state index contributed by atoms with van der Waals surface area (Å²) in [5.41, 5.74) is 1.23. The molecule has 0 amide bonds. The fourth-order valence-corrected chi connectivity index (χ4v) is 3.05. The van der Waals surface area contributed by atoms with Gasteiger partial charge in [0.25, 0.3) is 0 Å². The molecular weight excluding hydrogens is 224 g/mol. The van der Waals surface area contributed by atoms with E-state index in [1.54, 1.807) is 0 Å². The van der Waals surface area contributed by atoms with Crippen LogP contribution in [0.3, 0.4) is 0 Å². The van der Waals surface area contributed by atoms with E-state index in [2.05, 4.69) is 37.1 Å². The van der Waals surface area contributed by atoms with Crippen LogP contribution in [0.1, 0.15) is 38.5 Å². The van der Waals surface area contributed by atoms with Gasteiger partial charge >= 0.3 is 0 Å². The smallest absolute Gasteiger partial charge is 0.118 e. The quantitative estimate of drug-likeness (QED) is 0.890. The third kappa shape index (κ3) is 3.15. The van der Waals surface area contributed by atoms with Gasteiger partial charge in [0.2, 0.25) is 0 Å². The molecular formula is C15H26N2O. The Kier molecular flexibility index (Phi) is 4.46. The molecule has 3 atom stereocenters. The number of furan rings is 1. The monoisotopic (exact) mass is 250 g/mol. The van der Waals surface area contributed by atoms with Crippen LogP contribution in [0.2, 0.25) is 0 Å². The van der Waals surface area contributed by atoms with Crippen molar-refractivity contribution in [1.82, 2.24) is 10.2 Å². The van der Waals surface area contributed by atoms with Crippen molar-refractivity contribution in [3.8, 4) is 0 Å². The molecule has 1 saturated heterocycles. The molecule has 3 unspecified atom stereocenters. The summed E-state index contributed by atoms with van der Waals surface area (Å²) in [6.07, 6.45) is 3.22. The number of hydrogen-bond acceptors (Lipinski definition) is 3. The van der Waals surface area contributed by atoms with E-state index in [1.807, 2.05) is 13.3 Å². The molecule has 1 aliphatic rings. The second-order valence-electron chi connectivity index (χ2n) is 5.94. The Hall–Kier alpha value is -0.800. The standard InChI is InChI=1S/C15H26N2O/c1-11-5-12(2)13(3)17(8-11)9-15-6-14(7-16-4)10-18-15/h6,10-13,16H,5,7-9H2,1-4H3. The third-order valence-corrected chi connectivity index (χ3v) is 4.17. The fourth-order valence-electron chi connectivity index (χ4n) is 3.05. The summed E-state index contributed by atoms with van der Waals surface area (Å²) in [6.45, 7) is 10.1. The molecule has 0 aliphatic carbocycles. The summed E-state index contributed by atoms with van der Waals surface area (Å²) in [5, 5.41) is 3.15. The topological polar surface area (TPSA) is 28.4 Å². The van der Waals surface area contributed by atoms with Crippen molar-refractivity contribution in [1.29, 1.82) is 0 Å². The Balaban J connectivity index is 1.98. The maximum absolute atomic E-state index is 5.66. The van der Waals surface area contributed by atoms with Crippen LogP contribution in [-0.2, 0) is 13.1 Å². The highest BCUT2D eigenvalue weighted by molar-refractivity contribution is 5.12. The van der Waals surface area contributed by atoms with Crippen LogP contribution in [0.4, 0.5) is 0 Å². The summed E-state index contributed by atoms with van der Waals surface area (Å²) in [4.78, 5) is 2.56. The molecule has 2 rings (SSSR count). The molecule has 0 bridgehead atoms. The molecule has 1 aromatic heterocycles. The van der Waals surface area contributed by atoms with Crippen LogP contribution < -0.4 is 5.32 Å². The van der Waals surface area contributed by atoms with Crippen LogP contribution in [0.5, 0.6) is 0 Å². The highest BCUT2D eigenvalue weighted by Crippen LogP contribution is 2.28. The number of nitrogens with zero attached hydrogens (tertiary/aromatic N) is 1. The Morgan fingerprint density at radius 2 is 2.17 bits per heavy atom. The lowest BCUT2D eigenvalue weighted by atomic mass is 9.86. The lowest BCUT2D eigenvalue weighted by Crippen LogP contribution is -2.45. The third-order valence-electron chi connectivity index (χ3n) is 4.17. The first kappa shape index (κ1) is 13.6. The van der Waals surface area contributed by atoms with Crippen LogP contribution >= 0.6 is 0 Å². The predicted molar refractivity (Wildman–Crippen MR) is 74.3 cm³/mol. The fraction of sp³-hybridized carbons (Fsp3) is 0.733. The normalized spacial score (nSPS) is 29.7. The van der Waals surface area contributed by atoms with Crippen molar-refractivity contribution in [2.24, 2.45) is 11.8 Å². The number of nitrogens with one attached hydrogen (secondary N) is 1. The predicted octanol–water partition coefficient (Wildman–Crippen LogP) is 2.87. The minimum absolute atomic E-state index is 0.652. The number of likely N-dealkylation sites (tertiary alicyclic amines) is 1. The van der Waals surface area contributed by atoms with Crippen LogP contribution in [0.15, 0.2) is 16.7 Å². The summed E-state index contributed by atoms with van der Waals surface area (Å²) in [5.74, 6) is 2.66. The summed E-state index contributed by atoms with van der Waals surface area (Å²) in [7, 11) is 1.96. The van der Waals surface area contributed by atoms with Crippen molar-refractivity contribution in [3.05, 3.63) is 23.7 Å². The highest BCUT2D eigenvalue weighted by atomic mass is 16.3. The molecule has 0 radical (unpaired) electrons. The molecule has 1 aromatic rings. The first-order valence-corrected chi connectivity index (χ1v) is 7.05. The molecule has 1 N–H and O–H groups in total. The lowest BCUT2D eigenvalue weighted by Gasteiger charge is -2.40. The molecule has 1 aliphatic heterocycles. The van der Waals surface area contributed by atoms with Gasteiger partial charge in [-0.15, -0.1) is 0 Å². The minimum Gasteiger partial charge on any atom is -0.468 e. The zero-order valence-corrected chi connectivity index (χ0v) is 12.1. The largest absolute Gasteiger partial charge is 0.468 e. The van der Waals surface area contributed by atoms with Crippen LogP contribution in [0, 0.1) is 11.8 Å². The van der Waals surface area contributed by atoms with Crippen molar-refractivity contribution in [2.75, 3.05) is 13.6 Å². The Bertz CT molecular complexity index is 374. The van der Waals surface area contributed by atoms with Gasteiger partial charge < -0.3 is 9.73 Å². The molecule has 2 heterocycles. The van der Waals surface area contributed by atoms with Gasteiger partial charge in [-0.05, 0) is 38.3 Å². The van der Waals surface area contributed by atoms with Gasteiger partial charge in [0.1, 0.15) is 5.76 Å². The number of piperidine rings is 1. The molecule has 3 nitrogen and oxygen atoms in total. The number of hydrogen-bond donors (Lipinski definition) is 1. The molecule has 0 aromatic carbocycles. The second kappa shape index (κ2) is 5.89. The van der Waals surface area contributed by atoms with E-state index in [1.165, 1.54) is 18.5 Å². The lowest BCUT2D eigenvalue weighted by molar-refractivity contribution is 0.0668. The second-order valence-corrected chi connectivity index (χ2v) is 5.94. The van der Waals surface area contributed by atoms with Gasteiger partial charge in [-0.2, -0.15) is 0 Å². The average molecular weight is 250 g/mol. The molecule has 3 heteroatoms. The van der Waals surface area contributed by atoms with Gasteiger partial charge in [-0.25, -0.2) is 0 Å². The Morgan fingerprint density at radius 3 is 2.89 bits per heavy atom. The number of rotatable bonds is 4. The zero-order chi connectivity index (χ0) is 13.1. The summed E-state index contributed by atoms with van der Waals surface area (Å²) >= 11 is 0. The maximum Gasteiger partial charge on any atom is 0.118 e. The molecule has 18 heavy (non-hydrogen) atoms. The minimum atomic E-state index is 0.652. The summed E-state index contributed by atoms with van der Waals surface area (Å²) < 4.78 is 5.66. The van der Waals surface area contributed by atoms with E-state index < -0.39 is 0 Å². The average Bonchev–Trinajstić information content (AvgIpc) is 2.73. The highest BCUT2D eigenvalue weighted by Gasteiger charge is 2.29. The van der Waals surface area contributed by atoms with Gasteiger partial charge in [-0.1, -0.05) is 13.8 Å². The maximum atomic E-state index is 5.66. The van der Waals surface area contributed by atoms with Gasteiger partial charge in [0.15, 0.2) is 0 Å². The first-order valence-electron chi connectivity index (χ1n) is 7.05. The molecule has 0 saturated carbocycles. The van der Waals surface area contributed by atoms with E-state index in [-0.39, 0.29) is 0 Å². The van der Waals surface area contributed by atoms with E-state index in [0.29, 0.717) is 6.04 Å². The van der Waals surface area contributed by atoms with Crippen molar-refractivity contribution in [2.45, 2.75) is 46.3 Å². The molecule has 102 valence electrons. The van der Waals surface area contributed by atoms with E-state index >= 15 is 0 Å². The first-order chi connectivity index (χ1) is 8.60. The van der Waals surface area contributed by atoms with Crippen molar-refractivity contribution in [3.63, 3.8) is 0 Å². The van der Waals surface area contributed by atoms with E-state index in [0.717, 1.165) is 30.7 Å². The molecule has 1 fully saturated rings. The van der Waals surface area contributed by atoms with Crippen molar-refractivity contribution < 1.29 is 4.42 Å². The molecule has 0 spiro atoms. The zero-order valence-electron chi connectivity index (χ0n) is 12.1. The van der Waals surface area contributed by atoms with E-state index in [9.17, 15) is 0 Å². The Labute approximate surface area is 111 Å².